The van der Waals surface area contributed by atoms with Crippen molar-refractivity contribution in [1.29, 1.82) is 0 Å². The van der Waals surface area contributed by atoms with Crippen LogP contribution in [0.3, 0.4) is 0 Å². The van der Waals surface area contributed by atoms with Crippen LogP contribution in [0.1, 0.15) is 54.6 Å². The number of benzene rings is 2. The molecule has 2 aliphatic rings. The third-order valence-corrected chi connectivity index (χ3v) is 7.64. The fourth-order valence-electron chi connectivity index (χ4n) is 5.74. The monoisotopic (exact) mass is 499 g/mol. The van der Waals surface area contributed by atoms with Crippen molar-refractivity contribution in [1.82, 2.24) is 20.3 Å². The van der Waals surface area contributed by atoms with Crippen molar-refractivity contribution in [3.05, 3.63) is 75.7 Å². The van der Waals surface area contributed by atoms with Gasteiger partial charge in [-0.2, -0.15) is 4.39 Å². The summed E-state index contributed by atoms with van der Waals surface area (Å²) >= 11 is 0. The molecule has 6 rings (SSSR count). The van der Waals surface area contributed by atoms with Gasteiger partial charge in [0.1, 0.15) is 11.6 Å². The SMILES string of the molecule is Cc1nc2cc(-c3cc(-c4ccc(C5CCOCC5)c([C@@H]5CCCN5)c4)c(F)nc3N)ccc2c(=O)[nH]1. The summed E-state index contributed by atoms with van der Waals surface area (Å²) in [4.78, 5) is 23.5. The Morgan fingerprint density at radius 1 is 0.973 bits per heavy atom. The van der Waals surface area contributed by atoms with Crippen LogP contribution in [0.5, 0.6) is 0 Å². The molecule has 8 heteroatoms. The predicted molar refractivity (Wildman–Crippen MR) is 143 cm³/mol. The maximum atomic E-state index is 15.3. The highest BCUT2D eigenvalue weighted by Crippen LogP contribution is 2.39. The molecule has 0 radical (unpaired) electrons. The van der Waals surface area contributed by atoms with Crippen molar-refractivity contribution < 1.29 is 9.13 Å². The molecule has 0 saturated carbocycles. The van der Waals surface area contributed by atoms with E-state index >= 15 is 4.39 Å². The number of anilines is 1. The number of ether oxygens (including phenoxy) is 1. The van der Waals surface area contributed by atoms with Crippen LogP contribution in [0.25, 0.3) is 33.2 Å². The van der Waals surface area contributed by atoms with E-state index in [9.17, 15) is 4.79 Å². The molecule has 0 amide bonds. The number of nitrogens with zero attached hydrogens (tertiary/aromatic N) is 2. The molecule has 2 fully saturated rings. The maximum absolute atomic E-state index is 15.3. The molecule has 190 valence electrons. The van der Waals surface area contributed by atoms with Gasteiger partial charge in [0.05, 0.1) is 10.9 Å². The number of nitrogens with one attached hydrogen (secondary N) is 2. The first-order valence-corrected chi connectivity index (χ1v) is 12.9. The zero-order valence-electron chi connectivity index (χ0n) is 20.8. The number of nitrogen functional groups attached to an aromatic ring is 1. The van der Waals surface area contributed by atoms with E-state index in [-0.39, 0.29) is 17.4 Å². The topological polar surface area (TPSA) is 106 Å². The van der Waals surface area contributed by atoms with Crippen molar-refractivity contribution in [3.63, 3.8) is 0 Å². The molecule has 0 unspecified atom stereocenters. The second-order valence-electron chi connectivity index (χ2n) is 10.0. The second-order valence-corrected chi connectivity index (χ2v) is 10.0. The summed E-state index contributed by atoms with van der Waals surface area (Å²) in [7, 11) is 0. The third kappa shape index (κ3) is 4.51. The molecule has 4 heterocycles. The van der Waals surface area contributed by atoms with Gasteiger partial charge in [0.25, 0.3) is 5.56 Å². The van der Waals surface area contributed by atoms with E-state index in [0.717, 1.165) is 56.6 Å². The third-order valence-electron chi connectivity index (χ3n) is 7.64. The lowest BCUT2D eigenvalue weighted by Gasteiger charge is -2.27. The molecular weight excluding hydrogens is 469 g/mol. The van der Waals surface area contributed by atoms with E-state index in [1.54, 1.807) is 31.2 Å². The molecular formula is C29H30FN5O2. The lowest BCUT2D eigenvalue weighted by molar-refractivity contribution is 0.0851. The van der Waals surface area contributed by atoms with Crippen LogP contribution < -0.4 is 16.6 Å². The molecule has 37 heavy (non-hydrogen) atoms. The molecule has 4 N–H and O–H groups in total. The van der Waals surface area contributed by atoms with Gasteiger partial charge in [-0.25, -0.2) is 9.97 Å². The first-order valence-electron chi connectivity index (χ1n) is 12.9. The van der Waals surface area contributed by atoms with Gasteiger partial charge in [0.15, 0.2) is 0 Å². The fraction of sp³-hybridized carbons (Fsp3) is 0.345. The normalized spacial score (nSPS) is 18.5. The van der Waals surface area contributed by atoms with Gasteiger partial charge < -0.3 is 20.8 Å². The number of aryl methyl sites for hydroxylation is 1. The minimum absolute atomic E-state index is 0.0960. The number of nitrogens with two attached hydrogens (primary N) is 1. The molecule has 0 spiro atoms. The Hall–Kier alpha value is -3.62. The minimum Gasteiger partial charge on any atom is -0.383 e. The van der Waals surface area contributed by atoms with Crippen molar-refractivity contribution in [2.45, 2.75) is 44.6 Å². The number of fused-ring (bicyclic) bond motifs is 1. The van der Waals surface area contributed by atoms with E-state index in [4.69, 9.17) is 10.5 Å². The van der Waals surface area contributed by atoms with E-state index < -0.39 is 5.95 Å². The largest absolute Gasteiger partial charge is 0.383 e. The summed E-state index contributed by atoms with van der Waals surface area (Å²) in [5.74, 6) is 0.468. The number of pyridine rings is 1. The lowest BCUT2D eigenvalue weighted by Crippen LogP contribution is -2.19. The average molecular weight is 500 g/mol. The van der Waals surface area contributed by atoms with Crippen molar-refractivity contribution in [2.75, 3.05) is 25.5 Å². The molecule has 0 aliphatic carbocycles. The summed E-state index contributed by atoms with van der Waals surface area (Å²) in [6.45, 7) is 4.27. The number of aromatic amines is 1. The zero-order valence-corrected chi connectivity index (χ0v) is 20.8. The quantitative estimate of drug-likeness (QED) is 0.341. The molecule has 0 bridgehead atoms. The van der Waals surface area contributed by atoms with Gasteiger partial charge in [0.2, 0.25) is 5.95 Å². The van der Waals surface area contributed by atoms with Gasteiger partial charge in [-0.05, 0) is 91.6 Å². The Morgan fingerprint density at radius 3 is 2.54 bits per heavy atom. The van der Waals surface area contributed by atoms with E-state index in [2.05, 4.69) is 32.4 Å². The molecule has 2 aromatic heterocycles. The van der Waals surface area contributed by atoms with Crippen molar-refractivity contribution in [3.8, 4) is 22.3 Å². The van der Waals surface area contributed by atoms with Crippen LogP contribution in [0.4, 0.5) is 10.2 Å². The first kappa shape index (κ1) is 23.8. The zero-order chi connectivity index (χ0) is 25.5. The Kier molecular flexibility index (Phi) is 6.22. The number of H-pyrrole nitrogens is 1. The Labute approximate surface area is 214 Å². The maximum Gasteiger partial charge on any atom is 0.258 e. The molecule has 2 aromatic carbocycles. The summed E-state index contributed by atoms with van der Waals surface area (Å²) < 4.78 is 20.9. The average Bonchev–Trinajstić information content (AvgIpc) is 3.44. The van der Waals surface area contributed by atoms with Gasteiger partial charge >= 0.3 is 0 Å². The van der Waals surface area contributed by atoms with Crippen LogP contribution in [0.15, 0.2) is 47.3 Å². The molecule has 2 aliphatic heterocycles. The first-order chi connectivity index (χ1) is 18.0. The van der Waals surface area contributed by atoms with Crippen LogP contribution in [0.2, 0.25) is 0 Å². The van der Waals surface area contributed by atoms with E-state index in [0.29, 0.717) is 33.8 Å². The highest BCUT2D eigenvalue weighted by molar-refractivity contribution is 5.87. The highest BCUT2D eigenvalue weighted by atomic mass is 19.1. The van der Waals surface area contributed by atoms with Crippen molar-refractivity contribution >= 4 is 16.7 Å². The molecule has 7 nitrogen and oxygen atoms in total. The van der Waals surface area contributed by atoms with E-state index in [1.165, 1.54) is 11.1 Å². The summed E-state index contributed by atoms with van der Waals surface area (Å²) in [6.07, 6.45) is 4.19. The minimum atomic E-state index is -0.600. The standard InChI is InChI=1S/C29H30FN5O2/c1-16-33-26-14-19(5-7-21(26)29(36)34-16)23-15-22(27(30)35-28(23)31)18-4-6-20(17-8-11-37-12-9-17)24(13-18)25-3-2-10-32-25/h4-7,13-15,17,25,32H,2-3,8-12H2,1H3,(H2,31,35)(H,33,34,36)/t25-/m0/s1. The lowest BCUT2D eigenvalue weighted by atomic mass is 9.84. The summed E-state index contributed by atoms with van der Waals surface area (Å²) in [5, 5.41) is 4.11. The fourth-order valence-corrected chi connectivity index (χ4v) is 5.74. The van der Waals surface area contributed by atoms with E-state index in [1.807, 2.05) is 6.07 Å². The molecule has 2 saturated heterocycles. The van der Waals surface area contributed by atoms with Gasteiger partial charge in [-0.15, -0.1) is 0 Å². The number of hydrogen-bond donors (Lipinski definition) is 3. The summed E-state index contributed by atoms with van der Waals surface area (Å²) in [6, 6.07) is 13.6. The number of rotatable bonds is 4. The molecule has 4 aromatic rings. The smallest absolute Gasteiger partial charge is 0.258 e. The number of hydrogen-bond acceptors (Lipinski definition) is 6. The van der Waals surface area contributed by atoms with Crippen LogP contribution in [-0.4, -0.2) is 34.7 Å². The Morgan fingerprint density at radius 2 is 1.76 bits per heavy atom. The summed E-state index contributed by atoms with van der Waals surface area (Å²) in [5.41, 5.74) is 11.6. The van der Waals surface area contributed by atoms with Crippen LogP contribution in [0, 0.1) is 12.9 Å². The Balaban J connectivity index is 1.45. The molecule has 1 atom stereocenters. The van der Waals surface area contributed by atoms with Gasteiger partial charge in [0, 0.05) is 30.4 Å². The van der Waals surface area contributed by atoms with Crippen LogP contribution >= 0.6 is 0 Å². The highest BCUT2D eigenvalue weighted by Gasteiger charge is 2.26. The van der Waals surface area contributed by atoms with Crippen molar-refractivity contribution in [2.24, 2.45) is 0 Å². The second kappa shape index (κ2) is 9.68. The number of aromatic nitrogens is 3. The van der Waals surface area contributed by atoms with Crippen LogP contribution in [-0.2, 0) is 4.74 Å². The number of halogens is 1. The van der Waals surface area contributed by atoms with Gasteiger partial charge in [-0.3, -0.25) is 4.79 Å². The predicted octanol–water partition coefficient (Wildman–Crippen LogP) is 5.00. The van der Waals surface area contributed by atoms with Gasteiger partial charge in [-0.1, -0.05) is 18.2 Å². The Bertz CT molecular complexity index is 1540.